The molecule has 27 heavy (non-hydrogen) atoms. The third-order valence-electron chi connectivity index (χ3n) is 4.14. The summed E-state index contributed by atoms with van der Waals surface area (Å²) >= 11 is 1.39. The lowest BCUT2D eigenvalue weighted by Crippen LogP contribution is -2.32. The molecular weight excluding hydrogens is 366 g/mol. The second kappa shape index (κ2) is 6.65. The van der Waals surface area contributed by atoms with Gasteiger partial charge in [0.05, 0.1) is 28.1 Å². The van der Waals surface area contributed by atoms with Crippen molar-refractivity contribution < 1.29 is 9.90 Å². The van der Waals surface area contributed by atoms with Gasteiger partial charge in [0.25, 0.3) is 5.56 Å². The first-order valence-electron chi connectivity index (χ1n) is 8.03. The van der Waals surface area contributed by atoms with Gasteiger partial charge in [0.15, 0.2) is 5.65 Å². The second-order valence-electron chi connectivity index (χ2n) is 5.87. The van der Waals surface area contributed by atoms with E-state index >= 15 is 0 Å². The highest BCUT2D eigenvalue weighted by molar-refractivity contribution is 7.13. The molecule has 0 unspecified atom stereocenters. The molecule has 4 rings (SSSR count). The van der Waals surface area contributed by atoms with Crippen molar-refractivity contribution in [2.24, 2.45) is 0 Å². The van der Waals surface area contributed by atoms with Crippen LogP contribution >= 0.6 is 11.3 Å². The molecule has 0 saturated carbocycles. The first-order chi connectivity index (χ1) is 13.0. The maximum atomic E-state index is 12.5. The molecule has 0 bridgehead atoms. The average molecular weight is 379 g/mol. The number of benzene rings is 1. The molecule has 0 fully saturated rings. The molecule has 8 heteroatoms. The van der Waals surface area contributed by atoms with Crippen LogP contribution in [-0.4, -0.2) is 25.6 Å². The van der Waals surface area contributed by atoms with Crippen molar-refractivity contribution in [3.05, 3.63) is 85.9 Å². The lowest BCUT2D eigenvalue weighted by molar-refractivity contribution is 0.0699. The summed E-state index contributed by atoms with van der Waals surface area (Å²) in [4.78, 5) is 44.0. The number of nitrogens with one attached hydrogen (secondary N) is 1. The maximum absolute atomic E-state index is 12.5. The van der Waals surface area contributed by atoms with Crippen molar-refractivity contribution in [3.63, 3.8) is 0 Å². The normalized spacial score (nSPS) is 11.0. The van der Waals surface area contributed by atoms with Crippen molar-refractivity contribution in [1.82, 2.24) is 14.5 Å². The van der Waals surface area contributed by atoms with Crippen LogP contribution < -0.4 is 11.2 Å². The van der Waals surface area contributed by atoms with Crippen LogP contribution in [-0.2, 0) is 6.54 Å². The molecule has 2 N–H and O–H groups in total. The Morgan fingerprint density at radius 1 is 1.15 bits per heavy atom. The Kier molecular flexibility index (Phi) is 4.17. The smallest absolute Gasteiger partial charge is 0.336 e. The summed E-state index contributed by atoms with van der Waals surface area (Å²) in [5.41, 5.74) is -0.303. The molecule has 1 aromatic carbocycles. The van der Waals surface area contributed by atoms with Crippen molar-refractivity contribution in [2.75, 3.05) is 0 Å². The summed E-state index contributed by atoms with van der Waals surface area (Å²) in [6.45, 7) is 0.160. The first-order valence-corrected chi connectivity index (χ1v) is 8.91. The van der Waals surface area contributed by atoms with E-state index in [0.29, 0.717) is 5.69 Å². The van der Waals surface area contributed by atoms with E-state index in [0.717, 1.165) is 10.4 Å². The largest absolute Gasteiger partial charge is 0.478 e. The van der Waals surface area contributed by atoms with Gasteiger partial charge in [-0.15, -0.1) is 11.3 Å². The monoisotopic (exact) mass is 379 g/mol. The fraction of sp³-hybridized carbons (Fsp3) is 0.0526. The molecule has 0 saturated heterocycles. The van der Waals surface area contributed by atoms with Crippen LogP contribution in [0, 0.1) is 0 Å². The molecule has 3 heterocycles. The van der Waals surface area contributed by atoms with E-state index in [-0.39, 0.29) is 23.1 Å². The van der Waals surface area contributed by atoms with E-state index in [4.69, 9.17) is 0 Å². The van der Waals surface area contributed by atoms with Gasteiger partial charge in [-0.2, -0.15) is 0 Å². The summed E-state index contributed by atoms with van der Waals surface area (Å²) in [7, 11) is 0. The fourth-order valence-electron chi connectivity index (χ4n) is 2.91. The Hall–Kier alpha value is -3.52. The summed E-state index contributed by atoms with van der Waals surface area (Å²) < 4.78 is 1.29. The molecule has 7 nitrogen and oxygen atoms in total. The fourth-order valence-corrected chi connectivity index (χ4v) is 3.59. The Morgan fingerprint density at radius 2 is 1.93 bits per heavy atom. The molecule has 134 valence electrons. The van der Waals surface area contributed by atoms with Crippen LogP contribution in [0.2, 0.25) is 0 Å². The van der Waals surface area contributed by atoms with Gasteiger partial charge in [-0.25, -0.2) is 14.6 Å². The summed E-state index contributed by atoms with van der Waals surface area (Å²) in [6, 6.07) is 14.2. The molecular formula is C19H13N3O4S. The number of thiophene rings is 1. The third kappa shape index (κ3) is 3.06. The highest BCUT2D eigenvalue weighted by Gasteiger charge is 2.20. The van der Waals surface area contributed by atoms with E-state index in [1.54, 1.807) is 6.07 Å². The molecule has 0 spiro atoms. The van der Waals surface area contributed by atoms with Crippen LogP contribution in [0.15, 0.2) is 63.5 Å². The highest BCUT2D eigenvalue weighted by atomic mass is 32.1. The Balaban J connectivity index is 2.07. The SMILES string of the molecule is O=C(O)c1cc(-c2cccs2)nc2c1c(=O)[nH]c(=O)n2Cc1ccccc1. The molecule has 0 aliphatic heterocycles. The Bertz CT molecular complexity index is 1260. The molecule has 4 aromatic rings. The van der Waals surface area contributed by atoms with Crippen LogP contribution in [0.25, 0.3) is 21.6 Å². The molecule has 3 aromatic heterocycles. The van der Waals surface area contributed by atoms with Gasteiger partial charge < -0.3 is 5.11 Å². The minimum atomic E-state index is -1.25. The van der Waals surface area contributed by atoms with Crippen LogP contribution in [0.4, 0.5) is 0 Å². The van der Waals surface area contributed by atoms with E-state index in [9.17, 15) is 19.5 Å². The van der Waals surface area contributed by atoms with Crippen LogP contribution in [0.5, 0.6) is 0 Å². The lowest BCUT2D eigenvalue weighted by Gasteiger charge is -2.11. The molecule has 0 aliphatic carbocycles. The number of fused-ring (bicyclic) bond motifs is 1. The van der Waals surface area contributed by atoms with E-state index in [2.05, 4.69) is 9.97 Å². The van der Waals surface area contributed by atoms with Crippen molar-refractivity contribution in [2.45, 2.75) is 6.54 Å². The summed E-state index contributed by atoms with van der Waals surface area (Å²) in [5.74, 6) is -1.25. The number of hydrogen-bond donors (Lipinski definition) is 2. The molecule has 0 aliphatic rings. The minimum Gasteiger partial charge on any atom is -0.478 e. The van der Waals surface area contributed by atoms with E-state index < -0.39 is 17.2 Å². The zero-order chi connectivity index (χ0) is 19.0. The maximum Gasteiger partial charge on any atom is 0.336 e. The number of carboxylic acids is 1. The number of rotatable bonds is 4. The van der Waals surface area contributed by atoms with Crippen LogP contribution in [0.3, 0.4) is 0 Å². The Labute approximate surface area is 156 Å². The van der Waals surface area contributed by atoms with Gasteiger partial charge in [-0.05, 0) is 23.1 Å². The molecule has 0 amide bonds. The highest BCUT2D eigenvalue weighted by Crippen LogP contribution is 2.26. The topological polar surface area (TPSA) is 105 Å². The zero-order valence-corrected chi connectivity index (χ0v) is 14.7. The average Bonchev–Trinajstić information content (AvgIpc) is 3.19. The van der Waals surface area contributed by atoms with Gasteiger partial charge in [0.2, 0.25) is 0 Å². The van der Waals surface area contributed by atoms with Crippen LogP contribution in [0.1, 0.15) is 15.9 Å². The number of aromatic amines is 1. The summed E-state index contributed by atoms with van der Waals surface area (Å²) in [5, 5.41) is 11.3. The number of aromatic nitrogens is 3. The summed E-state index contributed by atoms with van der Waals surface area (Å²) in [6.07, 6.45) is 0. The van der Waals surface area contributed by atoms with Gasteiger partial charge in [-0.3, -0.25) is 14.3 Å². The van der Waals surface area contributed by atoms with Crippen molar-refractivity contribution >= 4 is 28.3 Å². The number of hydrogen-bond acceptors (Lipinski definition) is 5. The second-order valence-corrected chi connectivity index (χ2v) is 6.81. The number of pyridine rings is 1. The number of H-pyrrole nitrogens is 1. The number of nitrogens with zero attached hydrogens (tertiary/aromatic N) is 2. The van der Waals surface area contributed by atoms with Crippen molar-refractivity contribution in [1.29, 1.82) is 0 Å². The lowest BCUT2D eigenvalue weighted by atomic mass is 10.1. The standard InChI is InChI=1S/C19H13N3O4S/c23-17-15-12(18(24)25)9-13(14-7-4-8-27-14)20-16(15)22(19(26)21-17)10-11-5-2-1-3-6-11/h1-9H,10H2,(H,24,25)(H,21,23,26). The van der Waals surface area contributed by atoms with E-state index in [1.165, 1.54) is 22.0 Å². The van der Waals surface area contributed by atoms with Gasteiger partial charge >= 0.3 is 11.7 Å². The predicted octanol–water partition coefficient (Wildman–Crippen LogP) is 2.56. The zero-order valence-electron chi connectivity index (χ0n) is 13.9. The van der Waals surface area contributed by atoms with Gasteiger partial charge in [-0.1, -0.05) is 36.4 Å². The number of aromatic carboxylic acids is 1. The predicted molar refractivity (Wildman–Crippen MR) is 102 cm³/mol. The minimum absolute atomic E-state index is 0.0518. The van der Waals surface area contributed by atoms with Crippen molar-refractivity contribution in [3.8, 4) is 10.6 Å². The third-order valence-corrected chi connectivity index (χ3v) is 5.03. The molecule has 0 atom stereocenters. The van der Waals surface area contributed by atoms with Gasteiger partial charge in [0.1, 0.15) is 0 Å². The number of carboxylic acid groups (broad SMARTS) is 1. The number of carbonyl (C=O) groups is 1. The quantitative estimate of drug-likeness (QED) is 0.567. The molecule has 0 radical (unpaired) electrons. The first kappa shape index (κ1) is 16.9. The van der Waals surface area contributed by atoms with E-state index in [1.807, 2.05) is 41.8 Å². The van der Waals surface area contributed by atoms with Gasteiger partial charge in [0, 0.05) is 0 Å². The Morgan fingerprint density at radius 3 is 2.59 bits per heavy atom.